The molecule has 1 aliphatic rings. The highest BCUT2D eigenvalue weighted by molar-refractivity contribution is 9.10. The molecular formula is C12H13BBrNO5. The summed E-state index contributed by atoms with van der Waals surface area (Å²) in [5.74, 6) is 0.179. The molecule has 0 aliphatic carbocycles. The van der Waals surface area contributed by atoms with E-state index < -0.39 is 11.2 Å². The minimum atomic E-state index is -0.640. The number of ether oxygens (including phenoxy) is 3. The minimum Gasteiger partial charge on any atom is -0.487 e. The van der Waals surface area contributed by atoms with Crippen LogP contribution >= 0.6 is 15.9 Å². The topological polar surface area (TPSA) is 70.8 Å². The van der Waals surface area contributed by atoms with Gasteiger partial charge in [-0.25, -0.2) is 0 Å². The molecule has 1 aromatic rings. The van der Waals surface area contributed by atoms with Crippen molar-refractivity contribution < 1.29 is 19.1 Å². The first-order valence-electron chi connectivity index (χ1n) is 6.17. The van der Waals surface area contributed by atoms with E-state index >= 15 is 0 Å². The maximum atomic E-state index is 11.2. The van der Waals surface area contributed by atoms with Crippen LogP contribution in [0.4, 0.5) is 5.69 Å². The lowest BCUT2D eigenvalue weighted by Crippen LogP contribution is -2.07. The Morgan fingerprint density at radius 1 is 1.45 bits per heavy atom. The first kappa shape index (κ1) is 15.3. The van der Waals surface area contributed by atoms with Crippen molar-refractivity contribution in [2.75, 3.05) is 19.8 Å². The van der Waals surface area contributed by atoms with Crippen molar-refractivity contribution >= 4 is 29.5 Å². The van der Waals surface area contributed by atoms with Gasteiger partial charge in [0.25, 0.3) is 0 Å². The number of hydrogen-bond donors (Lipinski definition) is 0. The van der Waals surface area contributed by atoms with Gasteiger partial charge >= 0.3 is 5.69 Å². The van der Waals surface area contributed by atoms with Crippen LogP contribution in [0.2, 0.25) is 6.32 Å². The zero-order valence-corrected chi connectivity index (χ0v) is 12.3. The van der Waals surface area contributed by atoms with Gasteiger partial charge in [0, 0.05) is 10.5 Å². The molecule has 2 rings (SSSR count). The molecule has 1 heterocycles. The predicted octanol–water partition coefficient (Wildman–Crippen LogP) is 2.76. The lowest BCUT2D eigenvalue weighted by molar-refractivity contribution is -0.386. The fraction of sp³-hybridized carbons (Fsp3) is 0.500. The molecule has 0 atom stereocenters. The first-order valence-corrected chi connectivity index (χ1v) is 6.96. The second kappa shape index (κ2) is 7.05. The summed E-state index contributed by atoms with van der Waals surface area (Å²) in [6, 6.07) is 3.11. The smallest absolute Gasteiger partial charge is 0.312 e. The van der Waals surface area contributed by atoms with Crippen LogP contribution in [-0.2, 0) is 9.47 Å². The highest BCUT2D eigenvalue weighted by atomic mass is 79.9. The highest BCUT2D eigenvalue weighted by Crippen LogP contribution is 2.40. The van der Waals surface area contributed by atoms with E-state index in [0.717, 1.165) is 0 Å². The third-order valence-electron chi connectivity index (χ3n) is 2.73. The van der Waals surface area contributed by atoms with Crippen LogP contribution < -0.4 is 4.74 Å². The summed E-state index contributed by atoms with van der Waals surface area (Å²) >= 11 is 3.25. The Labute approximate surface area is 126 Å². The standard InChI is InChI=1S/C12H13BBrNO5/c13-2-1-3-18-11-9(12-19-4-5-20-12)6-8(14)7-10(11)15(16)17/h6-7,12H,1-5H2. The molecule has 0 saturated carbocycles. The lowest BCUT2D eigenvalue weighted by Gasteiger charge is -2.16. The molecule has 0 N–H and O–H groups in total. The summed E-state index contributed by atoms with van der Waals surface area (Å²) in [7, 11) is 5.40. The lowest BCUT2D eigenvalue weighted by atomic mass is 10.0. The number of nitro benzene ring substituents is 1. The molecule has 0 unspecified atom stereocenters. The van der Waals surface area contributed by atoms with Crippen LogP contribution in [-0.4, -0.2) is 32.6 Å². The van der Waals surface area contributed by atoms with Gasteiger partial charge < -0.3 is 14.2 Å². The summed E-state index contributed by atoms with van der Waals surface area (Å²) in [5, 5.41) is 11.2. The SMILES string of the molecule is [B]CCCOc1c(C2OCCO2)cc(Br)cc1[N+](=O)[O-]. The summed E-state index contributed by atoms with van der Waals surface area (Å²) in [5.41, 5.74) is 0.395. The first-order chi connectivity index (χ1) is 9.63. The Morgan fingerprint density at radius 2 is 2.15 bits per heavy atom. The van der Waals surface area contributed by atoms with E-state index in [9.17, 15) is 10.1 Å². The third-order valence-corrected chi connectivity index (χ3v) is 3.19. The van der Waals surface area contributed by atoms with Gasteiger partial charge in [0.05, 0.1) is 38.2 Å². The molecule has 0 spiro atoms. The second-order valence-corrected chi connectivity index (χ2v) is 5.08. The fourth-order valence-corrected chi connectivity index (χ4v) is 2.33. The van der Waals surface area contributed by atoms with E-state index in [1.54, 1.807) is 6.07 Å². The van der Waals surface area contributed by atoms with Crippen molar-refractivity contribution in [2.45, 2.75) is 19.0 Å². The molecule has 1 aliphatic heterocycles. The van der Waals surface area contributed by atoms with Crippen molar-refractivity contribution in [3.8, 4) is 5.75 Å². The van der Waals surface area contributed by atoms with Crippen LogP contribution in [0.3, 0.4) is 0 Å². The van der Waals surface area contributed by atoms with Gasteiger partial charge in [-0.15, -0.1) is 0 Å². The van der Waals surface area contributed by atoms with Crippen LogP contribution in [0.15, 0.2) is 16.6 Å². The van der Waals surface area contributed by atoms with Crippen LogP contribution in [0.25, 0.3) is 0 Å². The maximum Gasteiger partial charge on any atom is 0.312 e. The molecule has 2 radical (unpaired) electrons. The van der Waals surface area contributed by atoms with Gasteiger partial charge in [0.15, 0.2) is 6.29 Å². The molecule has 106 valence electrons. The molecule has 20 heavy (non-hydrogen) atoms. The number of rotatable bonds is 6. The normalized spacial score (nSPS) is 15.4. The van der Waals surface area contributed by atoms with Gasteiger partial charge in [-0.05, 0) is 12.5 Å². The second-order valence-electron chi connectivity index (χ2n) is 4.16. The number of halogens is 1. The summed E-state index contributed by atoms with van der Waals surface area (Å²) in [4.78, 5) is 10.7. The molecule has 1 fully saturated rings. The summed E-state index contributed by atoms with van der Waals surface area (Å²) in [6.45, 7) is 1.21. The third kappa shape index (κ3) is 3.50. The number of nitro groups is 1. The molecule has 1 aromatic carbocycles. The van der Waals surface area contributed by atoms with Gasteiger partial charge in [-0.1, -0.05) is 22.3 Å². The zero-order valence-electron chi connectivity index (χ0n) is 10.7. The van der Waals surface area contributed by atoms with E-state index in [4.69, 9.17) is 22.1 Å². The molecular weight excluding hydrogens is 329 g/mol. The average Bonchev–Trinajstić information content (AvgIpc) is 2.93. The minimum absolute atomic E-state index is 0.120. The Morgan fingerprint density at radius 3 is 2.75 bits per heavy atom. The van der Waals surface area contributed by atoms with Crippen molar-refractivity contribution in [3.63, 3.8) is 0 Å². The van der Waals surface area contributed by atoms with Gasteiger partial charge in [-0.2, -0.15) is 0 Å². The Bertz CT molecular complexity index is 493. The maximum absolute atomic E-state index is 11.2. The van der Waals surface area contributed by atoms with E-state index in [-0.39, 0.29) is 11.4 Å². The Balaban J connectivity index is 2.37. The molecule has 0 bridgehead atoms. The quantitative estimate of drug-likeness (QED) is 0.344. The van der Waals surface area contributed by atoms with Crippen LogP contribution in [0, 0.1) is 10.1 Å². The van der Waals surface area contributed by atoms with Crippen LogP contribution in [0.1, 0.15) is 18.3 Å². The van der Waals surface area contributed by atoms with E-state index in [0.29, 0.717) is 42.6 Å². The van der Waals surface area contributed by atoms with Gasteiger partial charge in [0.1, 0.15) is 0 Å². The molecule has 8 heteroatoms. The van der Waals surface area contributed by atoms with Gasteiger partial charge in [-0.3, -0.25) is 10.1 Å². The molecule has 0 aromatic heterocycles. The highest BCUT2D eigenvalue weighted by Gasteiger charge is 2.29. The number of nitrogens with zero attached hydrogens (tertiary/aromatic N) is 1. The molecule has 0 amide bonds. The Kier molecular flexibility index (Phi) is 5.39. The van der Waals surface area contributed by atoms with Crippen molar-refractivity contribution in [2.24, 2.45) is 0 Å². The molecule has 1 saturated heterocycles. The largest absolute Gasteiger partial charge is 0.487 e. The monoisotopic (exact) mass is 341 g/mol. The van der Waals surface area contributed by atoms with Gasteiger partial charge in [0.2, 0.25) is 5.75 Å². The van der Waals surface area contributed by atoms with E-state index in [1.165, 1.54) is 6.07 Å². The average molecular weight is 342 g/mol. The van der Waals surface area contributed by atoms with E-state index in [1.807, 2.05) is 0 Å². The fourth-order valence-electron chi connectivity index (χ4n) is 1.86. The summed E-state index contributed by atoms with van der Waals surface area (Å²) in [6.07, 6.45) is 0.425. The van der Waals surface area contributed by atoms with Crippen molar-refractivity contribution in [1.82, 2.24) is 0 Å². The number of hydrogen-bond acceptors (Lipinski definition) is 5. The zero-order chi connectivity index (χ0) is 14.5. The summed E-state index contributed by atoms with van der Waals surface area (Å²) < 4.78 is 16.9. The van der Waals surface area contributed by atoms with Crippen molar-refractivity contribution in [3.05, 3.63) is 32.3 Å². The van der Waals surface area contributed by atoms with Crippen LogP contribution in [0.5, 0.6) is 5.75 Å². The van der Waals surface area contributed by atoms with E-state index in [2.05, 4.69) is 15.9 Å². The molecule has 6 nitrogen and oxygen atoms in total. The number of benzene rings is 1. The van der Waals surface area contributed by atoms with Crippen molar-refractivity contribution in [1.29, 1.82) is 0 Å². The Hall–Kier alpha value is -1.12. The predicted molar refractivity (Wildman–Crippen MR) is 76.1 cm³/mol.